The summed E-state index contributed by atoms with van der Waals surface area (Å²) in [5.74, 6) is 0.500. The molecule has 1 aromatic rings. The molecule has 0 aliphatic rings. The largest absolute Gasteiger partial charge is 0.410 e. The van der Waals surface area contributed by atoms with Gasteiger partial charge in [0, 0.05) is 4.43 Å². The number of ether oxygens (including phenoxy) is 1. The lowest BCUT2D eigenvalue weighted by atomic mass is 10.1. The Kier molecular flexibility index (Phi) is 10.2. The zero-order chi connectivity index (χ0) is 19.0. The quantitative estimate of drug-likeness (QED) is 0.198. The first-order chi connectivity index (χ1) is 11.8. The van der Waals surface area contributed by atoms with Crippen LogP contribution in [-0.2, 0) is 15.8 Å². The summed E-state index contributed by atoms with van der Waals surface area (Å²) in [5.41, 5.74) is 3.03. The molecular formula is C21H37IO2Si. The first-order valence-corrected chi connectivity index (χ1v) is 13.3. The van der Waals surface area contributed by atoms with Gasteiger partial charge in [0.2, 0.25) is 8.32 Å². The van der Waals surface area contributed by atoms with E-state index in [0.29, 0.717) is 35.8 Å². The molecule has 144 valence electrons. The molecule has 1 aromatic carbocycles. The van der Waals surface area contributed by atoms with Gasteiger partial charge in [-0.25, -0.2) is 0 Å². The van der Waals surface area contributed by atoms with E-state index in [1.165, 1.54) is 5.56 Å². The van der Waals surface area contributed by atoms with Crippen molar-refractivity contribution in [2.75, 3.05) is 11.0 Å². The molecule has 25 heavy (non-hydrogen) atoms. The van der Waals surface area contributed by atoms with Crippen LogP contribution >= 0.6 is 22.6 Å². The summed E-state index contributed by atoms with van der Waals surface area (Å²) in [7, 11) is -1.88. The fourth-order valence-electron chi connectivity index (χ4n) is 3.95. The molecule has 0 saturated heterocycles. The molecule has 0 unspecified atom stereocenters. The Hall–Kier alpha value is 0.0869. The summed E-state index contributed by atoms with van der Waals surface area (Å²) in [6, 6.07) is 10.4. The van der Waals surface area contributed by atoms with Crippen molar-refractivity contribution in [1.82, 2.24) is 0 Å². The third-order valence-electron chi connectivity index (χ3n) is 5.33. The first kappa shape index (κ1) is 23.1. The number of hydrogen-bond donors (Lipinski definition) is 0. The molecule has 0 aromatic heterocycles. The van der Waals surface area contributed by atoms with Crippen molar-refractivity contribution < 1.29 is 9.16 Å². The molecule has 0 radical (unpaired) electrons. The number of halogens is 1. The van der Waals surface area contributed by atoms with E-state index in [9.17, 15) is 0 Å². The van der Waals surface area contributed by atoms with Gasteiger partial charge in [0.25, 0.3) is 0 Å². The Bertz CT molecular complexity index is 454. The van der Waals surface area contributed by atoms with Crippen LogP contribution in [0, 0.1) is 5.92 Å². The molecule has 4 heteroatoms. The lowest BCUT2D eigenvalue weighted by Gasteiger charge is -2.45. The van der Waals surface area contributed by atoms with Gasteiger partial charge in [0.05, 0.1) is 19.3 Å². The monoisotopic (exact) mass is 476 g/mol. The maximum atomic E-state index is 7.02. The molecule has 0 saturated carbocycles. The van der Waals surface area contributed by atoms with Crippen molar-refractivity contribution in [2.24, 2.45) is 5.92 Å². The summed E-state index contributed by atoms with van der Waals surface area (Å²) in [4.78, 5) is 0. The molecule has 0 fully saturated rings. The van der Waals surface area contributed by atoms with Crippen molar-refractivity contribution in [2.45, 2.75) is 77.8 Å². The second kappa shape index (κ2) is 11.0. The highest BCUT2D eigenvalue weighted by atomic mass is 127. The standard InChI is InChI=1S/C21H37IO2Si/c1-16(2)25(17(3)4,18(5)6)24-21(19(7)13-22)15-23-14-20-11-9-8-10-12-20/h8-12,16-19,21H,13-15H2,1-7H3/t19-,21-/m1/s1. The van der Waals surface area contributed by atoms with Crippen molar-refractivity contribution in [3.8, 4) is 0 Å². The molecule has 0 amide bonds. The third-order valence-corrected chi connectivity index (χ3v) is 12.8. The molecule has 0 spiro atoms. The average Bonchev–Trinajstić information content (AvgIpc) is 2.57. The van der Waals surface area contributed by atoms with E-state index in [4.69, 9.17) is 9.16 Å². The van der Waals surface area contributed by atoms with Crippen molar-refractivity contribution in [1.29, 1.82) is 0 Å². The van der Waals surface area contributed by atoms with Crippen LogP contribution in [0.3, 0.4) is 0 Å². The van der Waals surface area contributed by atoms with Crippen LogP contribution in [0.5, 0.6) is 0 Å². The van der Waals surface area contributed by atoms with Crippen LogP contribution in [-0.4, -0.2) is 25.5 Å². The minimum atomic E-state index is -1.88. The fraction of sp³-hybridized carbons (Fsp3) is 0.714. The van der Waals surface area contributed by atoms with Gasteiger partial charge < -0.3 is 9.16 Å². The second-order valence-corrected chi connectivity index (χ2v) is 14.4. The zero-order valence-corrected chi connectivity index (χ0v) is 20.2. The SMILES string of the molecule is CC(C)[Si](O[C@H](COCc1ccccc1)[C@H](C)CI)(C(C)C)C(C)C. The predicted molar refractivity (Wildman–Crippen MR) is 120 cm³/mol. The van der Waals surface area contributed by atoms with Crippen LogP contribution in [0.4, 0.5) is 0 Å². The van der Waals surface area contributed by atoms with Gasteiger partial charge in [-0.3, -0.25) is 0 Å². The number of alkyl halides is 1. The highest BCUT2D eigenvalue weighted by molar-refractivity contribution is 14.1. The Labute approximate surface area is 170 Å². The zero-order valence-electron chi connectivity index (χ0n) is 17.1. The van der Waals surface area contributed by atoms with Crippen LogP contribution in [0.15, 0.2) is 30.3 Å². The predicted octanol–water partition coefficient (Wildman–Crippen LogP) is 6.84. The van der Waals surface area contributed by atoms with Crippen molar-refractivity contribution in [3.05, 3.63) is 35.9 Å². The van der Waals surface area contributed by atoms with E-state index >= 15 is 0 Å². The normalized spacial score (nSPS) is 15.2. The Morgan fingerprint density at radius 1 is 0.880 bits per heavy atom. The Morgan fingerprint density at radius 3 is 1.84 bits per heavy atom. The maximum absolute atomic E-state index is 7.02. The summed E-state index contributed by atoms with van der Waals surface area (Å²) >= 11 is 2.48. The third kappa shape index (κ3) is 6.33. The lowest BCUT2D eigenvalue weighted by Crippen LogP contribution is -2.52. The van der Waals surface area contributed by atoms with Gasteiger partial charge in [-0.2, -0.15) is 0 Å². The van der Waals surface area contributed by atoms with Crippen LogP contribution < -0.4 is 0 Å². The molecule has 0 heterocycles. The van der Waals surface area contributed by atoms with E-state index < -0.39 is 8.32 Å². The minimum Gasteiger partial charge on any atom is -0.410 e. The minimum absolute atomic E-state index is 0.180. The van der Waals surface area contributed by atoms with Crippen LogP contribution in [0.25, 0.3) is 0 Å². The summed E-state index contributed by atoms with van der Waals surface area (Å²) in [6.07, 6.45) is 0.180. The van der Waals surface area contributed by atoms with Gasteiger partial charge >= 0.3 is 0 Å². The first-order valence-electron chi connectivity index (χ1n) is 9.61. The van der Waals surface area contributed by atoms with Gasteiger partial charge in [-0.1, -0.05) is 101 Å². The summed E-state index contributed by atoms with van der Waals surface area (Å²) in [6.45, 7) is 17.7. The topological polar surface area (TPSA) is 18.5 Å². The molecule has 1 rings (SSSR count). The molecular weight excluding hydrogens is 439 g/mol. The van der Waals surface area contributed by atoms with Gasteiger partial charge in [-0.15, -0.1) is 0 Å². The molecule has 2 atom stereocenters. The average molecular weight is 477 g/mol. The van der Waals surface area contributed by atoms with E-state index in [1.54, 1.807) is 0 Å². The summed E-state index contributed by atoms with van der Waals surface area (Å²) in [5, 5.41) is 0. The smallest absolute Gasteiger partial charge is 0.200 e. The van der Waals surface area contributed by atoms with Crippen LogP contribution in [0.2, 0.25) is 16.6 Å². The molecule has 0 aliphatic heterocycles. The number of benzene rings is 1. The number of rotatable bonds is 11. The highest BCUT2D eigenvalue weighted by Crippen LogP contribution is 2.43. The highest BCUT2D eigenvalue weighted by Gasteiger charge is 2.47. The van der Waals surface area contributed by atoms with Crippen LogP contribution in [0.1, 0.15) is 54.0 Å². The van der Waals surface area contributed by atoms with E-state index in [0.717, 1.165) is 4.43 Å². The number of hydrogen-bond acceptors (Lipinski definition) is 2. The van der Waals surface area contributed by atoms with E-state index in [-0.39, 0.29) is 6.10 Å². The summed E-state index contributed by atoms with van der Waals surface area (Å²) < 4.78 is 14.2. The second-order valence-electron chi connectivity index (χ2n) is 8.11. The maximum Gasteiger partial charge on any atom is 0.200 e. The molecule has 2 nitrogen and oxygen atoms in total. The lowest BCUT2D eigenvalue weighted by molar-refractivity contribution is 0.0123. The Morgan fingerprint density at radius 2 is 1.40 bits per heavy atom. The molecule has 0 aliphatic carbocycles. The van der Waals surface area contributed by atoms with Gasteiger partial charge in [0.1, 0.15) is 0 Å². The fourth-order valence-corrected chi connectivity index (χ4v) is 10.2. The van der Waals surface area contributed by atoms with Crippen molar-refractivity contribution >= 4 is 30.9 Å². The van der Waals surface area contributed by atoms with E-state index in [2.05, 4.69) is 95.3 Å². The van der Waals surface area contributed by atoms with E-state index in [1.807, 2.05) is 6.07 Å². The van der Waals surface area contributed by atoms with Gasteiger partial charge in [-0.05, 0) is 28.1 Å². The van der Waals surface area contributed by atoms with Crippen molar-refractivity contribution in [3.63, 3.8) is 0 Å². The van der Waals surface area contributed by atoms with Gasteiger partial charge in [0.15, 0.2) is 0 Å². The molecule has 0 bridgehead atoms. The molecule has 0 N–H and O–H groups in total. The Balaban J connectivity index is 2.86.